The predicted molar refractivity (Wildman–Crippen MR) is 69.8 cm³/mol. The molecule has 0 unspecified atom stereocenters. The Morgan fingerprint density at radius 3 is 2.89 bits per heavy atom. The summed E-state index contributed by atoms with van der Waals surface area (Å²) in [5.41, 5.74) is 1.01. The molecule has 19 heavy (non-hydrogen) atoms. The zero-order valence-electron chi connectivity index (χ0n) is 10.5. The van der Waals surface area contributed by atoms with Gasteiger partial charge in [-0.25, -0.2) is 0 Å². The maximum Gasteiger partial charge on any atom is 0.305 e. The van der Waals surface area contributed by atoms with Gasteiger partial charge in [0.05, 0.1) is 12.0 Å². The van der Waals surface area contributed by atoms with Gasteiger partial charge in [-0.05, 0) is 18.6 Å². The Kier molecular flexibility index (Phi) is 3.79. The Labute approximate surface area is 109 Å². The number of hydrogen-bond acceptors (Lipinski definition) is 4. The third-order valence-corrected chi connectivity index (χ3v) is 2.97. The van der Waals surface area contributed by atoms with E-state index in [2.05, 4.69) is 4.74 Å². The molecule has 6 nitrogen and oxygen atoms in total. The minimum atomic E-state index is -0.409. The number of hydrogen-bond donors (Lipinski definition) is 0. The molecule has 2 aromatic rings. The van der Waals surface area contributed by atoms with E-state index in [9.17, 15) is 14.9 Å². The highest BCUT2D eigenvalue weighted by molar-refractivity contribution is 5.82. The average molecular weight is 262 g/mol. The maximum absolute atomic E-state index is 11.0. The number of aromatic nitrogens is 1. The largest absolute Gasteiger partial charge is 0.469 e. The van der Waals surface area contributed by atoms with Crippen molar-refractivity contribution in [1.29, 1.82) is 0 Å². The van der Waals surface area contributed by atoms with Crippen LogP contribution in [0, 0.1) is 10.1 Å². The summed E-state index contributed by atoms with van der Waals surface area (Å²) in [7, 11) is 1.37. The van der Waals surface area contributed by atoms with Crippen molar-refractivity contribution in [2.24, 2.45) is 0 Å². The van der Waals surface area contributed by atoms with E-state index in [0.29, 0.717) is 19.4 Å². The standard InChI is InChI=1S/C13H14N2O4/c1-19-13(16)3-2-7-14-8-6-10-9-11(15(17)18)4-5-12(10)14/h4-6,8-9H,2-3,7H2,1H3. The first kappa shape index (κ1) is 13.1. The normalized spacial score (nSPS) is 10.6. The summed E-state index contributed by atoms with van der Waals surface area (Å²) in [5.74, 6) is -0.230. The van der Waals surface area contributed by atoms with E-state index in [1.165, 1.54) is 13.2 Å². The number of nitrogens with zero attached hydrogens (tertiary/aromatic N) is 2. The summed E-state index contributed by atoms with van der Waals surface area (Å²) < 4.78 is 6.55. The number of non-ortho nitro benzene ring substituents is 1. The molecule has 0 N–H and O–H groups in total. The van der Waals surface area contributed by atoms with Crippen LogP contribution < -0.4 is 0 Å². The van der Waals surface area contributed by atoms with Crippen LogP contribution >= 0.6 is 0 Å². The number of ether oxygens (including phenoxy) is 1. The summed E-state index contributed by atoms with van der Waals surface area (Å²) in [6, 6.07) is 6.59. The van der Waals surface area contributed by atoms with Crippen molar-refractivity contribution in [3.63, 3.8) is 0 Å². The van der Waals surface area contributed by atoms with E-state index in [-0.39, 0.29) is 11.7 Å². The number of benzene rings is 1. The summed E-state index contributed by atoms with van der Waals surface area (Å²) in [5, 5.41) is 11.5. The summed E-state index contributed by atoms with van der Waals surface area (Å²) in [6.45, 7) is 0.677. The molecule has 0 radical (unpaired) electrons. The van der Waals surface area contributed by atoms with Gasteiger partial charge in [-0.3, -0.25) is 14.9 Å². The van der Waals surface area contributed by atoms with Crippen LogP contribution in [-0.4, -0.2) is 22.6 Å². The second kappa shape index (κ2) is 5.51. The van der Waals surface area contributed by atoms with Gasteiger partial charge in [0.15, 0.2) is 0 Å². The van der Waals surface area contributed by atoms with E-state index < -0.39 is 4.92 Å². The number of rotatable bonds is 5. The molecule has 100 valence electrons. The number of fused-ring (bicyclic) bond motifs is 1. The smallest absolute Gasteiger partial charge is 0.305 e. The summed E-state index contributed by atoms with van der Waals surface area (Å²) in [6.07, 6.45) is 2.91. The third-order valence-electron chi connectivity index (χ3n) is 2.97. The zero-order chi connectivity index (χ0) is 13.8. The zero-order valence-corrected chi connectivity index (χ0v) is 10.5. The fraction of sp³-hybridized carbons (Fsp3) is 0.308. The van der Waals surface area contributed by atoms with Gasteiger partial charge in [-0.2, -0.15) is 0 Å². The number of nitro benzene ring substituents is 1. The molecule has 0 aliphatic rings. The SMILES string of the molecule is COC(=O)CCCn1ccc2cc([N+](=O)[O-])ccc21. The Morgan fingerprint density at radius 1 is 1.42 bits per heavy atom. The predicted octanol–water partition coefficient (Wildman–Crippen LogP) is 2.50. The lowest BCUT2D eigenvalue weighted by Gasteiger charge is -2.04. The first-order valence-corrected chi connectivity index (χ1v) is 5.92. The first-order valence-electron chi connectivity index (χ1n) is 5.92. The highest BCUT2D eigenvalue weighted by atomic mass is 16.6. The van der Waals surface area contributed by atoms with Crippen molar-refractivity contribution in [3.05, 3.63) is 40.6 Å². The highest BCUT2D eigenvalue weighted by Gasteiger charge is 2.09. The molecule has 0 spiro atoms. The highest BCUT2D eigenvalue weighted by Crippen LogP contribution is 2.22. The molecule has 1 aromatic carbocycles. The van der Waals surface area contributed by atoms with Crippen molar-refractivity contribution in [3.8, 4) is 0 Å². The van der Waals surface area contributed by atoms with Gasteiger partial charge in [0, 0.05) is 42.2 Å². The molecule has 1 heterocycles. The Bertz CT molecular complexity index is 618. The van der Waals surface area contributed by atoms with Crippen LogP contribution in [0.25, 0.3) is 10.9 Å². The Balaban J connectivity index is 2.12. The van der Waals surface area contributed by atoms with Crippen molar-refractivity contribution in [2.75, 3.05) is 7.11 Å². The third kappa shape index (κ3) is 2.90. The molecule has 0 aliphatic carbocycles. The number of carbonyl (C=O) groups excluding carboxylic acids is 1. The van der Waals surface area contributed by atoms with Crippen LogP contribution in [0.15, 0.2) is 30.5 Å². The van der Waals surface area contributed by atoms with E-state index >= 15 is 0 Å². The first-order chi connectivity index (χ1) is 9.11. The molecule has 0 atom stereocenters. The van der Waals surface area contributed by atoms with Crippen LogP contribution in [0.3, 0.4) is 0 Å². The van der Waals surface area contributed by atoms with Crippen LogP contribution in [0.1, 0.15) is 12.8 Å². The van der Waals surface area contributed by atoms with Gasteiger partial charge < -0.3 is 9.30 Å². The van der Waals surface area contributed by atoms with Gasteiger partial charge in [0.25, 0.3) is 5.69 Å². The number of aryl methyl sites for hydroxylation is 1. The summed E-state index contributed by atoms with van der Waals surface area (Å²) in [4.78, 5) is 21.3. The van der Waals surface area contributed by atoms with E-state index in [4.69, 9.17) is 0 Å². The van der Waals surface area contributed by atoms with Crippen LogP contribution in [0.2, 0.25) is 0 Å². The van der Waals surface area contributed by atoms with Gasteiger partial charge in [-0.15, -0.1) is 0 Å². The van der Waals surface area contributed by atoms with Crippen molar-refractivity contribution >= 4 is 22.6 Å². The van der Waals surface area contributed by atoms with Crippen LogP contribution in [0.4, 0.5) is 5.69 Å². The van der Waals surface area contributed by atoms with E-state index in [1.807, 2.05) is 16.8 Å². The van der Waals surface area contributed by atoms with Crippen molar-refractivity contribution in [1.82, 2.24) is 4.57 Å². The molecule has 0 amide bonds. The van der Waals surface area contributed by atoms with Gasteiger partial charge in [0.2, 0.25) is 0 Å². The van der Waals surface area contributed by atoms with E-state index in [1.54, 1.807) is 12.1 Å². The average Bonchev–Trinajstić information content (AvgIpc) is 2.81. The quantitative estimate of drug-likeness (QED) is 0.471. The maximum atomic E-state index is 11.0. The lowest BCUT2D eigenvalue weighted by atomic mass is 10.2. The number of nitro groups is 1. The molecule has 0 fully saturated rings. The number of carbonyl (C=O) groups is 1. The fourth-order valence-corrected chi connectivity index (χ4v) is 1.99. The lowest BCUT2D eigenvalue weighted by Crippen LogP contribution is -2.03. The van der Waals surface area contributed by atoms with Gasteiger partial charge in [-0.1, -0.05) is 0 Å². The molecular weight excluding hydrogens is 248 g/mol. The van der Waals surface area contributed by atoms with Gasteiger partial charge >= 0.3 is 5.97 Å². The summed E-state index contributed by atoms with van der Waals surface area (Å²) >= 11 is 0. The fourth-order valence-electron chi connectivity index (χ4n) is 1.99. The molecule has 2 rings (SSSR count). The molecular formula is C13H14N2O4. The molecule has 0 saturated carbocycles. The minimum Gasteiger partial charge on any atom is -0.469 e. The molecule has 0 saturated heterocycles. The van der Waals surface area contributed by atoms with Crippen molar-refractivity contribution in [2.45, 2.75) is 19.4 Å². The lowest BCUT2D eigenvalue weighted by molar-refractivity contribution is -0.384. The Morgan fingerprint density at radius 2 is 2.21 bits per heavy atom. The second-order valence-electron chi connectivity index (χ2n) is 4.19. The molecule has 0 aliphatic heterocycles. The second-order valence-corrected chi connectivity index (χ2v) is 4.19. The molecule has 6 heteroatoms. The minimum absolute atomic E-state index is 0.0832. The van der Waals surface area contributed by atoms with E-state index in [0.717, 1.165) is 10.9 Å². The monoisotopic (exact) mass is 262 g/mol. The van der Waals surface area contributed by atoms with Crippen LogP contribution in [0.5, 0.6) is 0 Å². The molecule has 1 aromatic heterocycles. The Hall–Kier alpha value is -2.37. The van der Waals surface area contributed by atoms with Crippen LogP contribution in [-0.2, 0) is 16.1 Å². The molecule has 0 bridgehead atoms. The van der Waals surface area contributed by atoms with Gasteiger partial charge in [0.1, 0.15) is 0 Å². The number of methoxy groups -OCH3 is 1. The number of esters is 1. The topological polar surface area (TPSA) is 74.4 Å². The van der Waals surface area contributed by atoms with Crippen molar-refractivity contribution < 1.29 is 14.5 Å².